The Bertz CT molecular complexity index is 782. The number of aryl methyl sites for hydroxylation is 1. The number of unbranched alkanes of at least 4 members (excludes halogenated alkanes) is 1. The van der Waals surface area contributed by atoms with E-state index in [9.17, 15) is 14.7 Å². The fourth-order valence-electron chi connectivity index (χ4n) is 2.51. The minimum Gasteiger partial charge on any atom is -0.393 e. The Hall–Kier alpha value is -2.15. The molecule has 0 aliphatic heterocycles. The van der Waals surface area contributed by atoms with Crippen LogP contribution in [0.25, 0.3) is 11.2 Å². The number of hydrogen-bond donors (Lipinski definition) is 1. The molecule has 0 aliphatic rings. The molecule has 2 aromatic rings. The first-order valence-corrected chi connectivity index (χ1v) is 7.41. The second-order valence-corrected chi connectivity index (χ2v) is 5.50. The second-order valence-electron chi connectivity index (χ2n) is 5.50. The maximum Gasteiger partial charge on any atom is 0.332 e. The maximum atomic E-state index is 12.6. The number of aromatic nitrogens is 4. The van der Waals surface area contributed by atoms with E-state index >= 15 is 0 Å². The first kappa shape index (κ1) is 16.2. The highest BCUT2D eigenvalue weighted by Gasteiger charge is 2.15. The van der Waals surface area contributed by atoms with Gasteiger partial charge in [-0.3, -0.25) is 13.9 Å². The summed E-state index contributed by atoms with van der Waals surface area (Å²) in [7, 11) is 1.61. The van der Waals surface area contributed by atoms with Gasteiger partial charge in [-0.05, 0) is 26.2 Å². The summed E-state index contributed by atoms with van der Waals surface area (Å²) in [5.41, 5.74) is 0.113. The lowest BCUT2D eigenvalue weighted by molar-refractivity contribution is 0.180. The van der Waals surface area contributed by atoms with E-state index in [0.29, 0.717) is 37.1 Å². The summed E-state index contributed by atoms with van der Waals surface area (Å²) >= 11 is 0. The van der Waals surface area contributed by atoms with Gasteiger partial charge in [0, 0.05) is 20.1 Å². The summed E-state index contributed by atoms with van der Waals surface area (Å²) in [6.07, 6.45) is 4.95. The van der Waals surface area contributed by atoms with Crippen molar-refractivity contribution in [2.24, 2.45) is 7.05 Å². The lowest BCUT2D eigenvalue weighted by Gasteiger charge is -2.09. The highest BCUT2D eigenvalue weighted by Crippen LogP contribution is 2.06. The summed E-state index contributed by atoms with van der Waals surface area (Å²) < 4.78 is 4.33. The first-order valence-electron chi connectivity index (χ1n) is 7.41. The van der Waals surface area contributed by atoms with Crippen LogP contribution in [-0.2, 0) is 20.1 Å². The highest BCUT2D eigenvalue weighted by atomic mass is 16.3. The first-order chi connectivity index (χ1) is 10.5. The van der Waals surface area contributed by atoms with E-state index in [-0.39, 0.29) is 17.4 Å². The van der Waals surface area contributed by atoms with Crippen LogP contribution < -0.4 is 11.2 Å². The summed E-state index contributed by atoms with van der Waals surface area (Å²) in [5, 5.41) is 9.26. The van der Waals surface area contributed by atoms with Gasteiger partial charge < -0.3 is 9.67 Å². The van der Waals surface area contributed by atoms with Crippen molar-refractivity contribution >= 4 is 11.2 Å². The Balaban J connectivity index is 2.41. The largest absolute Gasteiger partial charge is 0.393 e. The number of allylic oxidation sites excluding steroid dienone is 1. The maximum absolute atomic E-state index is 12.6. The SMILES string of the molecule is C=CCn1cnc2c1c(=O)n(CCCCC(C)O)c(=O)n2C. The van der Waals surface area contributed by atoms with E-state index in [4.69, 9.17) is 0 Å². The molecule has 0 amide bonds. The fraction of sp³-hybridized carbons (Fsp3) is 0.533. The van der Waals surface area contributed by atoms with Crippen LogP contribution in [-0.4, -0.2) is 29.9 Å². The molecule has 7 nitrogen and oxygen atoms in total. The molecule has 2 rings (SSSR count). The number of hydrogen-bond acceptors (Lipinski definition) is 4. The third kappa shape index (κ3) is 3.04. The molecule has 0 fully saturated rings. The topological polar surface area (TPSA) is 82.1 Å². The van der Waals surface area contributed by atoms with Gasteiger partial charge in [-0.1, -0.05) is 6.08 Å². The van der Waals surface area contributed by atoms with Crippen LogP contribution in [0, 0.1) is 0 Å². The smallest absolute Gasteiger partial charge is 0.332 e. The van der Waals surface area contributed by atoms with Gasteiger partial charge in [0.05, 0.1) is 12.4 Å². The highest BCUT2D eigenvalue weighted by molar-refractivity contribution is 5.70. The average Bonchev–Trinajstić information content (AvgIpc) is 2.88. The van der Waals surface area contributed by atoms with Crippen molar-refractivity contribution in [1.82, 2.24) is 18.7 Å². The zero-order chi connectivity index (χ0) is 16.3. The number of imidazole rings is 1. The molecule has 0 aliphatic carbocycles. The van der Waals surface area contributed by atoms with Gasteiger partial charge in [0.2, 0.25) is 0 Å². The van der Waals surface area contributed by atoms with Crippen LogP contribution in [0.1, 0.15) is 26.2 Å². The standard InChI is InChI=1S/C15H22N4O3/c1-4-8-18-10-16-13-12(18)14(21)19(15(22)17(13)3)9-6-5-7-11(2)20/h4,10-11,20H,1,5-9H2,2-3H3. The van der Waals surface area contributed by atoms with Gasteiger partial charge >= 0.3 is 5.69 Å². The number of rotatable bonds is 7. The van der Waals surface area contributed by atoms with Gasteiger partial charge in [-0.15, -0.1) is 6.58 Å². The Kier molecular flexibility index (Phi) is 4.97. The average molecular weight is 306 g/mol. The molecule has 1 atom stereocenters. The van der Waals surface area contributed by atoms with Crippen molar-refractivity contribution in [1.29, 1.82) is 0 Å². The molecule has 0 saturated carbocycles. The van der Waals surface area contributed by atoms with Gasteiger partial charge in [0.15, 0.2) is 11.2 Å². The molecule has 0 spiro atoms. The van der Waals surface area contributed by atoms with E-state index < -0.39 is 0 Å². The van der Waals surface area contributed by atoms with Crippen LogP contribution >= 0.6 is 0 Å². The Morgan fingerprint density at radius 3 is 2.77 bits per heavy atom. The molecule has 0 saturated heterocycles. The molecule has 1 unspecified atom stereocenters. The summed E-state index contributed by atoms with van der Waals surface area (Å²) in [6, 6.07) is 0. The zero-order valence-corrected chi connectivity index (χ0v) is 13.0. The van der Waals surface area contributed by atoms with Crippen LogP contribution in [0.15, 0.2) is 28.6 Å². The van der Waals surface area contributed by atoms with Crippen LogP contribution in [0.2, 0.25) is 0 Å². The summed E-state index contributed by atoms with van der Waals surface area (Å²) in [6.45, 7) is 6.19. The number of nitrogens with zero attached hydrogens (tertiary/aromatic N) is 4. The van der Waals surface area contributed by atoms with Crippen LogP contribution in [0.3, 0.4) is 0 Å². The van der Waals surface area contributed by atoms with Crippen molar-refractivity contribution in [3.63, 3.8) is 0 Å². The molecule has 120 valence electrons. The van der Waals surface area contributed by atoms with Gasteiger partial charge in [0.1, 0.15) is 0 Å². The number of aliphatic hydroxyl groups excluding tert-OH is 1. The van der Waals surface area contributed by atoms with Crippen molar-refractivity contribution < 1.29 is 5.11 Å². The van der Waals surface area contributed by atoms with E-state index in [1.807, 2.05) is 0 Å². The molecule has 22 heavy (non-hydrogen) atoms. The molecule has 2 heterocycles. The molecule has 0 aromatic carbocycles. The van der Waals surface area contributed by atoms with Crippen LogP contribution in [0.5, 0.6) is 0 Å². The monoisotopic (exact) mass is 306 g/mol. The minimum absolute atomic E-state index is 0.325. The number of fused-ring (bicyclic) bond motifs is 1. The summed E-state index contributed by atoms with van der Waals surface area (Å²) in [4.78, 5) is 29.0. The molecule has 0 radical (unpaired) electrons. The van der Waals surface area contributed by atoms with Crippen LogP contribution in [0.4, 0.5) is 0 Å². The van der Waals surface area contributed by atoms with E-state index in [2.05, 4.69) is 11.6 Å². The molecule has 0 bridgehead atoms. The normalized spacial score (nSPS) is 12.7. The van der Waals surface area contributed by atoms with E-state index in [1.165, 1.54) is 9.13 Å². The molecular formula is C15H22N4O3. The lowest BCUT2D eigenvalue weighted by atomic mass is 10.2. The van der Waals surface area contributed by atoms with Crippen molar-refractivity contribution in [3.05, 3.63) is 39.8 Å². The Morgan fingerprint density at radius 2 is 2.14 bits per heavy atom. The van der Waals surface area contributed by atoms with E-state index in [1.54, 1.807) is 30.9 Å². The van der Waals surface area contributed by atoms with Crippen molar-refractivity contribution in [2.45, 2.75) is 45.4 Å². The molecule has 2 aromatic heterocycles. The van der Waals surface area contributed by atoms with Crippen molar-refractivity contribution in [3.8, 4) is 0 Å². The summed E-state index contributed by atoms with van der Waals surface area (Å²) in [5.74, 6) is 0. The molecular weight excluding hydrogens is 284 g/mol. The Morgan fingerprint density at radius 1 is 1.41 bits per heavy atom. The van der Waals surface area contributed by atoms with Gasteiger partial charge in [-0.2, -0.15) is 0 Å². The predicted molar refractivity (Wildman–Crippen MR) is 85.0 cm³/mol. The Labute approximate surface area is 128 Å². The quantitative estimate of drug-likeness (QED) is 0.601. The van der Waals surface area contributed by atoms with E-state index in [0.717, 1.165) is 6.42 Å². The van der Waals surface area contributed by atoms with Gasteiger partial charge in [-0.25, -0.2) is 9.78 Å². The molecule has 1 N–H and O–H groups in total. The second kappa shape index (κ2) is 6.74. The third-order valence-corrected chi connectivity index (χ3v) is 3.68. The van der Waals surface area contributed by atoms with Crippen molar-refractivity contribution in [2.75, 3.05) is 0 Å². The third-order valence-electron chi connectivity index (χ3n) is 3.68. The fourth-order valence-corrected chi connectivity index (χ4v) is 2.51. The predicted octanol–water partition coefficient (Wildman–Crippen LogP) is 0.634. The minimum atomic E-state index is -0.365. The lowest BCUT2D eigenvalue weighted by Crippen LogP contribution is -2.39. The van der Waals surface area contributed by atoms with Gasteiger partial charge in [0.25, 0.3) is 5.56 Å². The number of aliphatic hydroxyl groups is 1. The zero-order valence-electron chi connectivity index (χ0n) is 13.0. The molecule has 7 heteroatoms.